The molecule has 2 saturated heterocycles. The van der Waals surface area contributed by atoms with Crippen LogP contribution in [0.2, 0.25) is 0 Å². The number of nitrogens with zero attached hydrogens (tertiary/aromatic N) is 1. The molecule has 24 heavy (non-hydrogen) atoms. The van der Waals surface area contributed by atoms with Crippen LogP contribution in [0.4, 0.5) is 0 Å². The molecule has 2 aliphatic heterocycles. The highest BCUT2D eigenvalue weighted by molar-refractivity contribution is 4.89. The number of piperidine rings is 1. The zero-order valence-electron chi connectivity index (χ0n) is 15.6. The number of rotatable bonds is 4. The Hall–Kier alpha value is -0.120. The van der Waals surface area contributed by atoms with Crippen LogP contribution >= 0.6 is 0 Å². The summed E-state index contributed by atoms with van der Waals surface area (Å²) < 4.78 is 0. The van der Waals surface area contributed by atoms with Gasteiger partial charge in [0.05, 0.1) is 0 Å². The lowest BCUT2D eigenvalue weighted by Gasteiger charge is -2.38. The quantitative estimate of drug-likeness (QED) is 0.816. The summed E-state index contributed by atoms with van der Waals surface area (Å²) >= 11 is 0. The van der Waals surface area contributed by atoms with Gasteiger partial charge in [-0.05, 0) is 68.9 Å². The smallest absolute Gasteiger partial charge is 0.0256 e. The third-order valence-electron chi connectivity index (χ3n) is 7.64. The van der Waals surface area contributed by atoms with E-state index < -0.39 is 0 Å². The molecule has 2 aliphatic carbocycles. The molecular formula is C21H39N3. The summed E-state index contributed by atoms with van der Waals surface area (Å²) in [5.41, 5.74) is 3.94. The molecule has 2 N–H and O–H groups in total. The first-order valence-corrected chi connectivity index (χ1v) is 11.1. The minimum Gasteiger partial charge on any atom is -0.317 e. The molecule has 0 spiro atoms. The highest BCUT2D eigenvalue weighted by Crippen LogP contribution is 2.42. The molecule has 3 atom stereocenters. The monoisotopic (exact) mass is 333 g/mol. The first-order valence-electron chi connectivity index (χ1n) is 11.1. The predicted octanol–water partition coefficient (Wildman–Crippen LogP) is 3.95. The third kappa shape index (κ3) is 4.34. The van der Waals surface area contributed by atoms with E-state index in [4.69, 9.17) is 0 Å². The van der Waals surface area contributed by atoms with Gasteiger partial charge in [-0.25, -0.2) is 5.01 Å². The number of hydrazine groups is 1. The second-order valence-electron chi connectivity index (χ2n) is 9.25. The van der Waals surface area contributed by atoms with Crippen molar-refractivity contribution in [3.05, 3.63) is 0 Å². The van der Waals surface area contributed by atoms with E-state index in [1.807, 2.05) is 0 Å². The van der Waals surface area contributed by atoms with Crippen LogP contribution in [0, 0.1) is 23.7 Å². The summed E-state index contributed by atoms with van der Waals surface area (Å²) in [5, 5.41) is 6.09. The third-order valence-corrected chi connectivity index (χ3v) is 7.64. The van der Waals surface area contributed by atoms with Gasteiger partial charge in [-0.2, -0.15) is 0 Å². The van der Waals surface area contributed by atoms with Crippen LogP contribution in [0.1, 0.15) is 77.0 Å². The maximum atomic E-state index is 3.94. The number of nitrogens with one attached hydrogen (secondary N) is 2. The average Bonchev–Trinajstić information content (AvgIpc) is 3.12. The Kier molecular flexibility index (Phi) is 6.13. The highest BCUT2D eigenvalue weighted by atomic mass is 15.5. The van der Waals surface area contributed by atoms with Crippen molar-refractivity contribution in [2.24, 2.45) is 23.7 Å². The van der Waals surface area contributed by atoms with Gasteiger partial charge in [-0.15, -0.1) is 0 Å². The molecule has 3 heteroatoms. The zero-order valence-corrected chi connectivity index (χ0v) is 15.6. The Labute approximate surface area is 149 Å². The molecule has 0 bridgehead atoms. The van der Waals surface area contributed by atoms with Crippen molar-refractivity contribution in [2.75, 3.05) is 26.2 Å². The van der Waals surface area contributed by atoms with E-state index in [1.54, 1.807) is 0 Å². The van der Waals surface area contributed by atoms with Crippen LogP contribution in [0.15, 0.2) is 0 Å². The van der Waals surface area contributed by atoms with Crippen molar-refractivity contribution < 1.29 is 0 Å². The van der Waals surface area contributed by atoms with Crippen molar-refractivity contribution in [3.63, 3.8) is 0 Å². The molecule has 3 nitrogen and oxygen atoms in total. The lowest BCUT2D eigenvalue weighted by Crippen LogP contribution is -2.44. The van der Waals surface area contributed by atoms with Crippen molar-refractivity contribution in [1.82, 2.24) is 15.8 Å². The van der Waals surface area contributed by atoms with Gasteiger partial charge >= 0.3 is 0 Å². The van der Waals surface area contributed by atoms with Gasteiger partial charge in [0.25, 0.3) is 0 Å². The fourth-order valence-electron chi connectivity index (χ4n) is 6.19. The van der Waals surface area contributed by atoms with Crippen LogP contribution in [-0.2, 0) is 0 Å². The zero-order chi connectivity index (χ0) is 16.2. The van der Waals surface area contributed by atoms with E-state index in [9.17, 15) is 0 Å². The van der Waals surface area contributed by atoms with Gasteiger partial charge < -0.3 is 5.32 Å². The first kappa shape index (κ1) is 17.3. The van der Waals surface area contributed by atoms with Gasteiger partial charge in [0, 0.05) is 19.1 Å². The summed E-state index contributed by atoms with van der Waals surface area (Å²) in [4.78, 5) is 0. The van der Waals surface area contributed by atoms with Crippen LogP contribution in [-0.4, -0.2) is 37.2 Å². The molecule has 0 aromatic rings. The highest BCUT2D eigenvalue weighted by Gasteiger charge is 2.36. The molecule has 0 aromatic heterocycles. The van der Waals surface area contributed by atoms with Gasteiger partial charge in [-0.3, -0.25) is 5.43 Å². The second-order valence-corrected chi connectivity index (χ2v) is 9.25. The summed E-state index contributed by atoms with van der Waals surface area (Å²) in [6.07, 6.45) is 17.8. The topological polar surface area (TPSA) is 27.3 Å². The molecule has 2 saturated carbocycles. The molecule has 0 amide bonds. The van der Waals surface area contributed by atoms with Crippen molar-refractivity contribution >= 4 is 0 Å². The second kappa shape index (κ2) is 8.51. The molecule has 2 heterocycles. The number of hydrogen-bond donors (Lipinski definition) is 2. The normalized spacial score (nSPS) is 37.8. The van der Waals surface area contributed by atoms with Gasteiger partial charge in [-0.1, -0.05) is 44.9 Å². The van der Waals surface area contributed by atoms with Crippen LogP contribution in [0.5, 0.6) is 0 Å². The average molecular weight is 334 g/mol. The fraction of sp³-hybridized carbons (Fsp3) is 1.00. The summed E-state index contributed by atoms with van der Waals surface area (Å²) in [5.74, 6) is 4.01. The van der Waals surface area contributed by atoms with E-state index >= 15 is 0 Å². The maximum Gasteiger partial charge on any atom is 0.0256 e. The molecule has 4 aliphatic rings. The molecule has 4 rings (SSSR count). The maximum absolute atomic E-state index is 3.94. The van der Waals surface area contributed by atoms with Crippen molar-refractivity contribution in [3.8, 4) is 0 Å². The molecular weight excluding hydrogens is 294 g/mol. The number of hydrogen-bond acceptors (Lipinski definition) is 3. The molecule has 4 fully saturated rings. The first-order chi connectivity index (χ1) is 11.9. The Balaban J connectivity index is 1.25. The lowest BCUT2D eigenvalue weighted by molar-refractivity contribution is 0.118. The Morgan fingerprint density at radius 1 is 0.708 bits per heavy atom. The van der Waals surface area contributed by atoms with E-state index in [-0.39, 0.29) is 0 Å². The summed E-state index contributed by atoms with van der Waals surface area (Å²) in [6, 6.07) is 0.790. The van der Waals surface area contributed by atoms with Crippen molar-refractivity contribution in [2.45, 2.75) is 83.1 Å². The molecule has 3 unspecified atom stereocenters. The van der Waals surface area contributed by atoms with Crippen molar-refractivity contribution in [1.29, 1.82) is 0 Å². The summed E-state index contributed by atoms with van der Waals surface area (Å²) in [6.45, 7) is 5.04. The van der Waals surface area contributed by atoms with E-state index in [0.29, 0.717) is 0 Å². The molecule has 138 valence electrons. The Morgan fingerprint density at radius 3 is 2.29 bits per heavy atom. The fourth-order valence-corrected chi connectivity index (χ4v) is 6.19. The summed E-state index contributed by atoms with van der Waals surface area (Å²) in [7, 11) is 0. The van der Waals surface area contributed by atoms with Gasteiger partial charge in [0.1, 0.15) is 0 Å². The van der Waals surface area contributed by atoms with E-state index in [1.165, 1.54) is 103 Å². The van der Waals surface area contributed by atoms with Gasteiger partial charge in [0.15, 0.2) is 0 Å². The Morgan fingerprint density at radius 2 is 1.46 bits per heavy atom. The largest absolute Gasteiger partial charge is 0.317 e. The lowest BCUT2D eigenvalue weighted by atomic mass is 9.69. The SMILES string of the molecule is C1CCC(C2CCCC(C3CCN(CC4CCNCC4)N3)C2)CC1. The van der Waals surface area contributed by atoms with E-state index in [2.05, 4.69) is 15.8 Å². The Bertz CT molecular complexity index is 373. The predicted molar refractivity (Wildman–Crippen MR) is 101 cm³/mol. The van der Waals surface area contributed by atoms with Crippen LogP contribution < -0.4 is 10.7 Å². The van der Waals surface area contributed by atoms with Gasteiger partial charge in [0.2, 0.25) is 0 Å². The minimum atomic E-state index is 0.790. The molecule has 0 aromatic carbocycles. The minimum absolute atomic E-state index is 0.790. The standard InChI is InChI=1S/C21H39N3/c1-2-5-18(6-3-1)19-7-4-8-20(15-19)21-11-14-24(23-21)16-17-9-12-22-13-10-17/h17-23H,1-16H2. The van der Waals surface area contributed by atoms with E-state index in [0.717, 1.165) is 29.7 Å². The molecule has 0 radical (unpaired) electrons. The van der Waals surface area contributed by atoms with Crippen LogP contribution in [0.25, 0.3) is 0 Å². The van der Waals surface area contributed by atoms with Crippen LogP contribution in [0.3, 0.4) is 0 Å².